The van der Waals surface area contributed by atoms with E-state index in [2.05, 4.69) is 10.2 Å². The van der Waals surface area contributed by atoms with Crippen molar-refractivity contribution in [2.45, 2.75) is 37.0 Å². The number of carbonyl (C=O) groups is 2. The summed E-state index contributed by atoms with van der Waals surface area (Å²) in [6.45, 7) is 1.66. The Bertz CT molecular complexity index is 1550. The lowest BCUT2D eigenvalue weighted by Crippen LogP contribution is -2.57. The van der Waals surface area contributed by atoms with Crippen molar-refractivity contribution in [3.63, 3.8) is 0 Å². The molecule has 11 heteroatoms. The lowest BCUT2D eigenvalue weighted by Gasteiger charge is -2.43. The maximum atomic E-state index is 13.8. The van der Waals surface area contributed by atoms with E-state index < -0.39 is 17.7 Å². The van der Waals surface area contributed by atoms with Crippen LogP contribution in [-0.2, 0) is 23.8 Å². The summed E-state index contributed by atoms with van der Waals surface area (Å²) in [7, 11) is 0. The number of aliphatic hydroxyl groups is 1. The van der Waals surface area contributed by atoms with Crippen molar-refractivity contribution < 1.29 is 33.3 Å². The Morgan fingerprint density at radius 1 is 1.02 bits per heavy atom. The van der Waals surface area contributed by atoms with Crippen LogP contribution in [0.5, 0.6) is 0 Å². The lowest BCUT2D eigenvalue weighted by molar-refractivity contribution is -0.157. The number of para-hydroxylation sites is 2. The van der Waals surface area contributed by atoms with Gasteiger partial charge >= 0.3 is 0 Å². The van der Waals surface area contributed by atoms with E-state index in [1.165, 1.54) is 6.26 Å². The van der Waals surface area contributed by atoms with Crippen molar-refractivity contribution in [1.82, 2.24) is 10.2 Å². The Labute approximate surface area is 248 Å². The third-order valence-electron chi connectivity index (χ3n) is 8.42. The first-order valence-electron chi connectivity index (χ1n) is 14.6. The number of fused-ring (bicyclic) bond motifs is 1. The van der Waals surface area contributed by atoms with Crippen molar-refractivity contribution >= 4 is 28.5 Å². The number of nitrogens with one attached hydrogen (secondary N) is 1. The van der Waals surface area contributed by atoms with Gasteiger partial charge in [0.1, 0.15) is 11.1 Å². The molecule has 2 aromatic carbocycles. The van der Waals surface area contributed by atoms with Crippen molar-refractivity contribution in [1.29, 1.82) is 0 Å². The van der Waals surface area contributed by atoms with Gasteiger partial charge in [-0.15, -0.1) is 0 Å². The second-order valence-electron chi connectivity index (χ2n) is 10.9. The first kappa shape index (κ1) is 28.9. The van der Waals surface area contributed by atoms with Crippen LogP contribution >= 0.6 is 0 Å². The zero-order valence-corrected chi connectivity index (χ0v) is 23.8. The van der Waals surface area contributed by atoms with Crippen molar-refractivity contribution in [2.24, 2.45) is 0 Å². The number of benzene rings is 2. The Morgan fingerprint density at radius 2 is 1.79 bits per heavy atom. The third-order valence-corrected chi connectivity index (χ3v) is 8.42. The third kappa shape index (κ3) is 5.75. The second kappa shape index (κ2) is 12.6. The van der Waals surface area contributed by atoms with Gasteiger partial charge in [-0.05, 0) is 43.2 Å². The summed E-state index contributed by atoms with van der Waals surface area (Å²) in [6.07, 6.45) is 3.55. The normalized spacial score (nSPS) is 21.5. The number of allylic oxidation sites excluding steroid dienone is 1. The van der Waals surface area contributed by atoms with Crippen LogP contribution in [-0.4, -0.2) is 79.8 Å². The predicted molar refractivity (Wildman–Crippen MR) is 157 cm³/mol. The topological polar surface area (TPSA) is 131 Å². The van der Waals surface area contributed by atoms with E-state index in [0.29, 0.717) is 55.6 Å². The molecule has 0 saturated carbocycles. The number of carbonyl (C=O) groups excluding carboxylic acids is 2. The molecule has 3 aromatic rings. The average Bonchev–Trinajstić information content (AvgIpc) is 3.36. The minimum absolute atomic E-state index is 0.0310. The SMILES string of the molecule is O=C(C1=CC(c2coc3ccccc3c2=O)CC(OCCOCCO)O1)N1CCC2(CC1)C(=O)NCN2c1ccccc1. The summed E-state index contributed by atoms with van der Waals surface area (Å²) in [4.78, 5) is 44.1. The van der Waals surface area contributed by atoms with Gasteiger partial charge in [-0.3, -0.25) is 14.4 Å². The molecule has 2 amide bonds. The molecule has 0 radical (unpaired) electrons. The molecule has 2 fully saturated rings. The van der Waals surface area contributed by atoms with E-state index in [-0.39, 0.29) is 49.4 Å². The van der Waals surface area contributed by atoms with Gasteiger partial charge in [-0.25, -0.2) is 0 Å². The van der Waals surface area contributed by atoms with Crippen LogP contribution < -0.4 is 15.6 Å². The molecule has 6 rings (SSSR count). The Kier molecular flexibility index (Phi) is 8.46. The fourth-order valence-electron chi connectivity index (χ4n) is 6.15. The summed E-state index contributed by atoms with van der Waals surface area (Å²) in [5.74, 6) is -0.741. The fraction of sp³-hybridized carbons (Fsp3) is 0.406. The lowest BCUT2D eigenvalue weighted by atomic mass is 9.85. The van der Waals surface area contributed by atoms with Crippen LogP contribution in [0.1, 0.15) is 30.7 Å². The number of hydrogen-bond acceptors (Lipinski definition) is 9. The number of nitrogens with zero attached hydrogens (tertiary/aromatic N) is 2. The largest absolute Gasteiger partial charge is 0.464 e. The maximum absolute atomic E-state index is 13.8. The highest BCUT2D eigenvalue weighted by Crippen LogP contribution is 2.37. The second-order valence-corrected chi connectivity index (χ2v) is 10.9. The van der Waals surface area contributed by atoms with E-state index >= 15 is 0 Å². The molecule has 1 aromatic heterocycles. The highest BCUT2D eigenvalue weighted by Gasteiger charge is 2.51. The number of ether oxygens (including phenoxy) is 3. The quantitative estimate of drug-likeness (QED) is 0.362. The summed E-state index contributed by atoms with van der Waals surface area (Å²) in [6, 6.07) is 16.8. The van der Waals surface area contributed by atoms with E-state index in [9.17, 15) is 14.4 Å². The molecule has 11 nitrogen and oxygen atoms in total. The molecular weight excluding hydrogens is 554 g/mol. The number of likely N-dealkylation sites (tertiary alicyclic amines) is 1. The Hall–Kier alpha value is -4.19. The highest BCUT2D eigenvalue weighted by molar-refractivity contribution is 5.95. The van der Waals surface area contributed by atoms with Gasteiger partial charge in [-0.2, -0.15) is 0 Å². The summed E-state index contributed by atoms with van der Waals surface area (Å²) >= 11 is 0. The summed E-state index contributed by atoms with van der Waals surface area (Å²) in [5, 5.41) is 12.4. The molecule has 1 spiro atoms. The summed E-state index contributed by atoms with van der Waals surface area (Å²) < 4.78 is 23.0. The van der Waals surface area contributed by atoms with E-state index in [1.54, 1.807) is 35.2 Å². The highest BCUT2D eigenvalue weighted by atomic mass is 16.7. The van der Waals surface area contributed by atoms with Crippen LogP contribution in [0.2, 0.25) is 0 Å². The van der Waals surface area contributed by atoms with Gasteiger partial charge in [0.15, 0.2) is 11.2 Å². The molecule has 4 heterocycles. The molecule has 3 aliphatic heterocycles. The van der Waals surface area contributed by atoms with E-state index in [0.717, 1.165) is 5.69 Å². The number of anilines is 1. The zero-order chi connectivity index (χ0) is 29.8. The standard InChI is InChI=1S/C32H35N3O8/c36-14-15-40-16-17-41-28-19-22(25-20-42-26-9-5-4-8-24(26)29(25)37)18-27(43-28)30(38)34-12-10-32(11-13-34)31(39)33-21-35(32)23-6-2-1-3-7-23/h1-9,18,20,22,28,36H,10-17,19,21H2,(H,33,39). The molecule has 0 bridgehead atoms. The molecule has 226 valence electrons. The minimum Gasteiger partial charge on any atom is -0.464 e. The van der Waals surface area contributed by atoms with Crippen molar-refractivity contribution in [3.8, 4) is 0 Å². The van der Waals surface area contributed by atoms with Crippen LogP contribution in [0, 0.1) is 0 Å². The molecule has 2 unspecified atom stereocenters. The number of rotatable bonds is 9. The minimum atomic E-state index is -0.803. The fourth-order valence-corrected chi connectivity index (χ4v) is 6.15. The van der Waals surface area contributed by atoms with Gasteiger partial charge in [0, 0.05) is 36.7 Å². The predicted octanol–water partition coefficient (Wildman–Crippen LogP) is 2.49. The van der Waals surface area contributed by atoms with E-state index in [1.807, 2.05) is 30.3 Å². The number of amides is 2. The first-order valence-corrected chi connectivity index (χ1v) is 14.6. The average molecular weight is 590 g/mol. The maximum Gasteiger partial charge on any atom is 0.288 e. The number of aliphatic hydroxyl groups excluding tert-OH is 1. The van der Waals surface area contributed by atoms with Gasteiger partial charge in [0.2, 0.25) is 12.2 Å². The molecule has 0 aliphatic carbocycles. The van der Waals surface area contributed by atoms with Crippen LogP contribution in [0.3, 0.4) is 0 Å². The molecule has 43 heavy (non-hydrogen) atoms. The van der Waals surface area contributed by atoms with Crippen molar-refractivity contribution in [3.05, 3.63) is 88.5 Å². The van der Waals surface area contributed by atoms with Gasteiger partial charge in [0.05, 0.1) is 44.7 Å². The van der Waals surface area contributed by atoms with Crippen LogP contribution in [0.25, 0.3) is 11.0 Å². The van der Waals surface area contributed by atoms with Gasteiger partial charge in [-0.1, -0.05) is 30.3 Å². The Balaban J connectivity index is 1.22. The molecule has 2 atom stereocenters. The van der Waals surface area contributed by atoms with Gasteiger partial charge < -0.3 is 38.9 Å². The first-order chi connectivity index (χ1) is 21.0. The number of hydrogen-bond donors (Lipinski definition) is 2. The van der Waals surface area contributed by atoms with E-state index in [4.69, 9.17) is 23.7 Å². The van der Waals surface area contributed by atoms with Gasteiger partial charge in [0.25, 0.3) is 5.91 Å². The molecule has 3 aliphatic rings. The van der Waals surface area contributed by atoms with Crippen LogP contribution in [0.4, 0.5) is 5.69 Å². The Morgan fingerprint density at radius 3 is 2.58 bits per heavy atom. The van der Waals surface area contributed by atoms with Crippen molar-refractivity contribution in [2.75, 3.05) is 51.1 Å². The van der Waals surface area contributed by atoms with Crippen LogP contribution in [0.15, 0.2) is 81.9 Å². The molecule has 2 N–H and O–H groups in total. The zero-order valence-electron chi connectivity index (χ0n) is 23.8. The number of piperidine rings is 1. The smallest absolute Gasteiger partial charge is 0.288 e. The monoisotopic (exact) mass is 589 g/mol. The molecule has 2 saturated heterocycles. The summed E-state index contributed by atoms with van der Waals surface area (Å²) in [5.41, 5.74) is 0.956. The molecular formula is C32H35N3O8.